The van der Waals surface area contributed by atoms with Crippen LogP contribution in [0.15, 0.2) is 36.5 Å². The Bertz CT molecular complexity index is 783. The van der Waals surface area contributed by atoms with E-state index >= 15 is 0 Å². The molecule has 1 aliphatic heterocycles. The maximum absolute atomic E-state index is 13.1. The number of rotatable bonds is 4. The van der Waals surface area contributed by atoms with E-state index in [4.69, 9.17) is 0 Å². The summed E-state index contributed by atoms with van der Waals surface area (Å²) >= 11 is 0. The Labute approximate surface area is 147 Å². The number of hydrogen-bond acceptors (Lipinski definition) is 3. The molecular weight excluding hydrogens is 316 g/mol. The molecule has 132 valence electrons. The van der Waals surface area contributed by atoms with Gasteiger partial charge in [-0.05, 0) is 44.9 Å². The van der Waals surface area contributed by atoms with Crippen molar-refractivity contribution in [2.75, 3.05) is 11.4 Å². The molecule has 0 aliphatic carbocycles. The molecule has 2 aromatic rings. The highest BCUT2D eigenvalue weighted by molar-refractivity contribution is 6.07. The van der Waals surface area contributed by atoms with Gasteiger partial charge >= 0.3 is 0 Å². The van der Waals surface area contributed by atoms with Gasteiger partial charge in [0.2, 0.25) is 0 Å². The Hall–Kier alpha value is -2.63. The number of nitrogens with one attached hydrogen (secondary N) is 1. The summed E-state index contributed by atoms with van der Waals surface area (Å²) in [7, 11) is 0. The molecule has 2 atom stereocenters. The van der Waals surface area contributed by atoms with Gasteiger partial charge in [0.25, 0.3) is 11.8 Å². The summed E-state index contributed by atoms with van der Waals surface area (Å²) in [4.78, 5) is 27.1. The molecule has 1 aromatic heterocycles. The molecule has 3 rings (SSSR count). The smallest absolute Gasteiger partial charge is 0.259 e. The third-order valence-corrected chi connectivity index (χ3v) is 4.56. The van der Waals surface area contributed by atoms with Crippen LogP contribution in [0.3, 0.4) is 0 Å². The number of benzene rings is 1. The van der Waals surface area contributed by atoms with Crippen LogP contribution >= 0.6 is 0 Å². The van der Waals surface area contributed by atoms with Crippen LogP contribution < -0.4 is 10.2 Å². The van der Waals surface area contributed by atoms with E-state index in [-0.39, 0.29) is 23.9 Å². The van der Waals surface area contributed by atoms with Crippen LogP contribution in [0.2, 0.25) is 0 Å². The van der Waals surface area contributed by atoms with Gasteiger partial charge < -0.3 is 5.32 Å². The quantitative estimate of drug-likeness (QED) is 0.930. The van der Waals surface area contributed by atoms with Gasteiger partial charge in [-0.25, -0.2) is 4.68 Å². The molecule has 1 aliphatic rings. The monoisotopic (exact) mass is 340 g/mol. The summed E-state index contributed by atoms with van der Waals surface area (Å²) in [6, 6.07) is 9.10. The van der Waals surface area contributed by atoms with Gasteiger partial charge in [0, 0.05) is 29.8 Å². The fourth-order valence-corrected chi connectivity index (χ4v) is 3.34. The minimum absolute atomic E-state index is 0.0734. The summed E-state index contributed by atoms with van der Waals surface area (Å²) in [6.45, 7) is 6.77. The summed E-state index contributed by atoms with van der Waals surface area (Å²) in [5.74, 6) is 0.547. The highest BCUT2D eigenvalue weighted by Crippen LogP contribution is 2.32. The lowest BCUT2D eigenvalue weighted by Gasteiger charge is -2.37. The zero-order valence-electron chi connectivity index (χ0n) is 14.9. The van der Waals surface area contributed by atoms with E-state index < -0.39 is 0 Å². The van der Waals surface area contributed by atoms with Crippen molar-refractivity contribution in [1.82, 2.24) is 15.1 Å². The first-order chi connectivity index (χ1) is 12.0. The van der Waals surface area contributed by atoms with Crippen molar-refractivity contribution in [1.29, 1.82) is 0 Å². The van der Waals surface area contributed by atoms with E-state index in [0.29, 0.717) is 17.7 Å². The molecule has 1 N–H and O–H groups in total. The first-order valence-corrected chi connectivity index (χ1v) is 8.78. The zero-order chi connectivity index (χ0) is 18.0. The number of hydrogen-bond donors (Lipinski definition) is 1. The maximum atomic E-state index is 13.1. The topological polar surface area (TPSA) is 67.2 Å². The van der Waals surface area contributed by atoms with Gasteiger partial charge in [-0.3, -0.25) is 14.5 Å². The third-order valence-electron chi connectivity index (χ3n) is 4.56. The lowest BCUT2D eigenvalue weighted by molar-refractivity contribution is 0.0953. The Morgan fingerprint density at radius 2 is 1.96 bits per heavy atom. The van der Waals surface area contributed by atoms with Crippen molar-refractivity contribution in [3.63, 3.8) is 0 Å². The lowest BCUT2D eigenvalue weighted by Crippen LogP contribution is -2.45. The van der Waals surface area contributed by atoms with Crippen LogP contribution in [0, 0.1) is 0 Å². The third kappa shape index (κ3) is 3.29. The number of nitrogens with zero attached hydrogens (tertiary/aromatic N) is 3. The predicted molar refractivity (Wildman–Crippen MR) is 96.9 cm³/mol. The van der Waals surface area contributed by atoms with Crippen molar-refractivity contribution in [2.24, 2.45) is 0 Å². The molecule has 6 nitrogen and oxygen atoms in total. The number of aromatic nitrogens is 2. The molecule has 6 heteroatoms. The van der Waals surface area contributed by atoms with E-state index in [2.05, 4.69) is 17.3 Å². The predicted octanol–water partition coefficient (Wildman–Crippen LogP) is 3.02. The molecule has 2 unspecified atom stereocenters. The molecule has 0 radical (unpaired) electrons. The number of amides is 2. The second-order valence-electron chi connectivity index (χ2n) is 6.58. The summed E-state index contributed by atoms with van der Waals surface area (Å²) < 4.78 is 1.88. The van der Waals surface area contributed by atoms with Crippen LogP contribution in [0.4, 0.5) is 5.82 Å². The Balaban J connectivity index is 1.89. The second-order valence-corrected chi connectivity index (χ2v) is 6.58. The molecule has 0 saturated carbocycles. The molecule has 0 spiro atoms. The van der Waals surface area contributed by atoms with Gasteiger partial charge in [-0.2, -0.15) is 5.10 Å². The maximum Gasteiger partial charge on any atom is 0.259 e. The Morgan fingerprint density at radius 1 is 1.20 bits per heavy atom. The first kappa shape index (κ1) is 17.2. The molecule has 0 bridgehead atoms. The number of fused-ring (bicyclic) bond motifs is 1. The summed E-state index contributed by atoms with van der Waals surface area (Å²) in [5, 5.41) is 7.18. The minimum Gasteiger partial charge on any atom is -0.352 e. The van der Waals surface area contributed by atoms with Gasteiger partial charge in [0.1, 0.15) is 5.82 Å². The Morgan fingerprint density at radius 3 is 2.72 bits per heavy atom. The SMILES string of the molecule is CCCNC(=O)c1cccc(C(=O)N2c3ccnn3C(C)CC2C)c1. The number of carbonyl (C=O) groups excluding carboxylic acids is 2. The van der Waals surface area contributed by atoms with Gasteiger partial charge in [-0.1, -0.05) is 13.0 Å². The molecule has 2 amide bonds. The standard InChI is InChI=1S/C19H24N4O2/c1-4-9-20-18(24)15-6-5-7-16(12-15)19(25)22-13(2)11-14(3)23-17(22)8-10-21-23/h5-8,10,12-14H,4,9,11H2,1-3H3,(H,20,24). The molecule has 2 heterocycles. The van der Waals surface area contributed by atoms with Crippen LogP contribution in [-0.2, 0) is 0 Å². The number of carbonyl (C=O) groups is 2. The van der Waals surface area contributed by atoms with Crippen LogP contribution in [0.25, 0.3) is 0 Å². The Kier molecular flexibility index (Phi) is 4.88. The van der Waals surface area contributed by atoms with Crippen LogP contribution in [0.5, 0.6) is 0 Å². The van der Waals surface area contributed by atoms with Gasteiger partial charge in [0.15, 0.2) is 0 Å². The number of anilines is 1. The largest absolute Gasteiger partial charge is 0.352 e. The second kappa shape index (κ2) is 7.09. The first-order valence-electron chi connectivity index (χ1n) is 8.78. The molecular formula is C19H24N4O2. The molecule has 1 aromatic carbocycles. The fourth-order valence-electron chi connectivity index (χ4n) is 3.34. The highest BCUT2D eigenvalue weighted by Gasteiger charge is 2.33. The van der Waals surface area contributed by atoms with Gasteiger partial charge in [0.05, 0.1) is 12.2 Å². The van der Waals surface area contributed by atoms with Crippen molar-refractivity contribution in [2.45, 2.75) is 45.7 Å². The fraction of sp³-hybridized carbons (Fsp3) is 0.421. The normalized spacial score (nSPS) is 19.4. The van der Waals surface area contributed by atoms with Crippen molar-refractivity contribution < 1.29 is 9.59 Å². The van der Waals surface area contributed by atoms with Crippen molar-refractivity contribution >= 4 is 17.6 Å². The van der Waals surface area contributed by atoms with E-state index in [9.17, 15) is 9.59 Å². The lowest BCUT2D eigenvalue weighted by atomic mass is 10.0. The van der Waals surface area contributed by atoms with Gasteiger partial charge in [-0.15, -0.1) is 0 Å². The van der Waals surface area contributed by atoms with Crippen molar-refractivity contribution in [3.05, 3.63) is 47.7 Å². The molecule has 0 saturated heterocycles. The average Bonchev–Trinajstić information content (AvgIpc) is 3.09. The van der Waals surface area contributed by atoms with Crippen LogP contribution in [-0.4, -0.2) is 34.2 Å². The van der Waals surface area contributed by atoms with E-state index in [0.717, 1.165) is 18.7 Å². The van der Waals surface area contributed by atoms with Crippen molar-refractivity contribution in [3.8, 4) is 0 Å². The minimum atomic E-state index is -0.151. The summed E-state index contributed by atoms with van der Waals surface area (Å²) in [6.07, 6.45) is 3.44. The molecule has 25 heavy (non-hydrogen) atoms. The van der Waals surface area contributed by atoms with E-state index in [1.54, 1.807) is 35.4 Å². The van der Waals surface area contributed by atoms with Crippen LogP contribution in [0.1, 0.15) is 60.4 Å². The molecule has 0 fully saturated rings. The highest BCUT2D eigenvalue weighted by atomic mass is 16.2. The zero-order valence-corrected chi connectivity index (χ0v) is 14.9. The summed E-state index contributed by atoms with van der Waals surface area (Å²) in [5.41, 5.74) is 1.02. The average molecular weight is 340 g/mol. The van der Waals surface area contributed by atoms with E-state index in [1.165, 1.54) is 0 Å². The van der Waals surface area contributed by atoms with E-state index in [1.807, 2.05) is 24.6 Å².